The Balaban J connectivity index is 1.25. The van der Waals surface area contributed by atoms with E-state index in [4.69, 9.17) is 27.9 Å². The first-order valence-electron chi connectivity index (χ1n) is 16.0. The first-order chi connectivity index (χ1) is 23.4. The zero-order valence-corrected chi connectivity index (χ0v) is 29.0. The monoisotopic (exact) mass is 741 g/mol. The van der Waals surface area contributed by atoms with E-state index in [2.05, 4.69) is 0 Å². The van der Waals surface area contributed by atoms with Gasteiger partial charge in [-0.1, -0.05) is 0 Å². The summed E-state index contributed by atoms with van der Waals surface area (Å²) >= 11 is -1.62. The van der Waals surface area contributed by atoms with Gasteiger partial charge >= 0.3 is 288 Å². The average Bonchev–Trinajstić information content (AvgIpc) is 3.11. The van der Waals surface area contributed by atoms with Gasteiger partial charge in [-0.3, -0.25) is 0 Å². The van der Waals surface area contributed by atoms with E-state index in [-0.39, 0.29) is 24.9 Å². The first kappa shape index (κ1) is 34.9. The van der Waals surface area contributed by atoms with Gasteiger partial charge in [-0.05, 0) is 0 Å². The predicted molar refractivity (Wildman–Crippen MR) is 182 cm³/mol. The van der Waals surface area contributed by atoms with E-state index in [1.165, 1.54) is 0 Å². The first-order valence-corrected chi connectivity index (χ1v) is 21.0. The number of hydrogen-bond donors (Lipinski definition) is 1. The third-order valence-corrected chi connectivity index (χ3v) is 13.8. The maximum absolute atomic E-state index is 11.8. The van der Waals surface area contributed by atoms with Crippen LogP contribution in [0.15, 0.2) is 121 Å². The molecule has 2 fully saturated rings. The molecule has 48 heavy (non-hydrogen) atoms. The quantitative estimate of drug-likeness (QED) is 0.114. The van der Waals surface area contributed by atoms with Crippen molar-refractivity contribution in [1.82, 2.24) is 0 Å². The summed E-state index contributed by atoms with van der Waals surface area (Å²) in [6.45, 7) is 1.20. The molecule has 0 bridgehead atoms. The van der Waals surface area contributed by atoms with Gasteiger partial charge in [0.05, 0.1) is 0 Å². The van der Waals surface area contributed by atoms with Crippen molar-refractivity contribution in [3.05, 3.63) is 144 Å². The van der Waals surface area contributed by atoms with Crippen LogP contribution in [0.1, 0.15) is 28.5 Å². The minimum atomic E-state index is -4.74. The molecule has 0 aliphatic carbocycles. The van der Waals surface area contributed by atoms with E-state index in [1.807, 2.05) is 121 Å². The molecular weight excluding hydrogens is 699 g/mol. The Bertz CT molecular complexity index is 1580. The van der Waals surface area contributed by atoms with Crippen molar-refractivity contribution in [2.75, 3.05) is 6.61 Å². The summed E-state index contributed by atoms with van der Waals surface area (Å²) in [7, 11) is -4.74. The summed E-state index contributed by atoms with van der Waals surface area (Å²) in [5, 5.41) is 2.04. The number of hydrogen-bond acceptors (Lipinski definition) is 8. The molecule has 2 unspecified atom stereocenters. The van der Waals surface area contributed by atoms with Crippen molar-refractivity contribution >= 4 is 24.3 Å². The molecule has 0 aromatic heterocycles. The molecule has 9 nitrogen and oxygen atoms in total. The maximum atomic E-state index is 11.8. The Labute approximate surface area is 286 Å². The van der Waals surface area contributed by atoms with Gasteiger partial charge in [-0.15, -0.1) is 0 Å². The van der Waals surface area contributed by atoms with Crippen LogP contribution >= 0.6 is 0 Å². The Morgan fingerprint density at radius 3 is 1.58 bits per heavy atom. The van der Waals surface area contributed by atoms with Crippen LogP contribution in [0.25, 0.3) is 0 Å². The Morgan fingerprint density at radius 2 is 1.10 bits per heavy atom. The van der Waals surface area contributed by atoms with E-state index < -0.39 is 42.8 Å². The zero-order valence-electron chi connectivity index (χ0n) is 26.5. The topological polar surface area (TPSA) is 110 Å². The van der Waals surface area contributed by atoms with Crippen molar-refractivity contribution in [3.8, 4) is 0 Å². The Morgan fingerprint density at radius 1 is 0.646 bits per heavy atom. The fourth-order valence-electron chi connectivity index (χ4n) is 5.91. The molecule has 2 aliphatic heterocycles. The number of rotatable bonds is 14. The fraction of sp³-hybridized carbons (Fsp3) is 0.351. The molecule has 0 spiro atoms. The molecule has 2 saturated heterocycles. The predicted octanol–water partition coefficient (Wildman–Crippen LogP) is 6.55. The molecule has 1 N–H and O–H groups in total. The second kappa shape index (κ2) is 17.1. The average molecular weight is 741 g/mol. The van der Waals surface area contributed by atoms with Crippen LogP contribution < -0.4 is 0 Å². The van der Waals surface area contributed by atoms with E-state index in [9.17, 15) is 13.0 Å². The molecule has 0 amide bonds. The van der Waals surface area contributed by atoms with Crippen LogP contribution in [0.5, 0.6) is 0 Å². The summed E-state index contributed by atoms with van der Waals surface area (Å²) in [5.74, 6) is 0. The molecule has 11 heteroatoms. The molecule has 4 aromatic carbocycles. The Hall–Kier alpha value is -2.93. The third kappa shape index (κ3) is 10.3. The molecule has 2 aliphatic rings. The molecule has 4 aromatic rings. The SMILES string of the molecule is O=S(=O)(O)O[C@H]1COC(c2ccccc2)O[C@@H]1C[Se]1C[C@H](OCc2ccccc2)C(OCc2ccccc2)[C@H](OCc2ccccc2)C1. The van der Waals surface area contributed by atoms with Crippen LogP contribution in [-0.4, -0.2) is 64.0 Å². The molecular formula is C37H41O9SSe. The van der Waals surface area contributed by atoms with E-state index in [0.717, 1.165) is 32.9 Å². The van der Waals surface area contributed by atoms with Crippen molar-refractivity contribution in [3.63, 3.8) is 0 Å². The van der Waals surface area contributed by atoms with Gasteiger partial charge < -0.3 is 0 Å². The molecule has 6 rings (SSSR count). The summed E-state index contributed by atoms with van der Waals surface area (Å²) in [6.07, 6.45) is -3.22. The number of ether oxygens (including phenoxy) is 5. The number of benzene rings is 4. The summed E-state index contributed by atoms with van der Waals surface area (Å²) in [5.41, 5.74) is 4.00. The third-order valence-electron chi connectivity index (χ3n) is 8.27. The van der Waals surface area contributed by atoms with Crippen LogP contribution in [0.2, 0.25) is 16.0 Å². The van der Waals surface area contributed by atoms with Gasteiger partial charge in [0.1, 0.15) is 0 Å². The van der Waals surface area contributed by atoms with Gasteiger partial charge in [0, 0.05) is 0 Å². The van der Waals surface area contributed by atoms with Crippen molar-refractivity contribution in [1.29, 1.82) is 0 Å². The summed E-state index contributed by atoms with van der Waals surface area (Å²) in [4.78, 5) is 0. The van der Waals surface area contributed by atoms with E-state index in [1.54, 1.807) is 0 Å². The normalized spacial score (nSPS) is 25.1. The minimum absolute atomic E-state index is 0.0480. The zero-order chi connectivity index (χ0) is 33.2. The van der Waals surface area contributed by atoms with Gasteiger partial charge in [-0.2, -0.15) is 0 Å². The van der Waals surface area contributed by atoms with Gasteiger partial charge in [0.15, 0.2) is 0 Å². The molecule has 6 atom stereocenters. The standard InChI is InChI=1S/C37H41O9SSe/c38-47(39,40)46-32-24-44-37(31-19-11-4-12-20-31)45-33(32)25-48-26-34(41-21-28-13-5-1-6-14-28)36(43-23-30-17-9-3-10-18-30)35(27-48)42-22-29-15-7-2-8-16-29/h1-20,32-37H,21-27H2,(H,38,39,40)/t32-,33+,34-,35+,36?,37?/m0/s1. The molecule has 2 heterocycles. The second-order valence-electron chi connectivity index (χ2n) is 11.9. The van der Waals surface area contributed by atoms with Crippen molar-refractivity contribution < 1.29 is 40.8 Å². The van der Waals surface area contributed by atoms with Crippen LogP contribution in [0.4, 0.5) is 0 Å². The van der Waals surface area contributed by atoms with Gasteiger partial charge in [-0.25, -0.2) is 0 Å². The second-order valence-corrected chi connectivity index (χ2v) is 17.6. The van der Waals surface area contributed by atoms with E-state index in [0.29, 0.717) is 25.1 Å². The summed E-state index contributed by atoms with van der Waals surface area (Å²) < 4.78 is 70.6. The van der Waals surface area contributed by atoms with Crippen molar-refractivity contribution in [2.45, 2.75) is 72.6 Å². The Kier molecular flexibility index (Phi) is 12.5. The van der Waals surface area contributed by atoms with Gasteiger partial charge in [0.25, 0.3) is 0 Å². The van der Waals surface area contributed by atoms with E-state index >= 15 is 0 Å². The van der Waals surface area contributed by atoms with Crippen molar-refractivity contribution in [2.24, 2.45) is 0 Å². The fourth-order valence-corrected chi connectivity index (χ4v) is 12.0. The summed E-state index contributed by atoms with van der Waals surface area (Å²) in [6, 6.07) is 39.6. The van der Waals surface area contributed by atoms with Crippen LogP contribution in [0, 0.1) is 0 Å². The van der Waals surface area contributed by atoms with Crippen LogP contribution in [-0.2, 0) is 58.1 Å². The molecule has 1 radical (unpaired) electrons. The molecule has 255 valence electrons. The molecule has 0 saturated carbocycles. The van der Waals surface area contributed by atoms with Gasteiger partial charge in [0.2, 0.25) is 0 Å². The van der Waals surface area contributed by atoms with Crippen LogP contribution in [0.3, 0.4) is 0 Å².